The van der Waals surface area contributed by atoms with Gasteiger partial charge < -0.3 is 9.72 Å². The molecule has 17 heavy (non-hydrogen) atoms. The Morgan fingerprint density at radius 1 is 1.29 bits per heavy atom. The fourth-order valence-corrected chi connectivity index (χ4v) is 2.82. The molecule has 1 aromatic heterocycles. The van der Waals surface area contributed by atoms with Gasteiger partial charge in [0.25, 0.3) is 0 Å². The molecule has 0 amide bonds. The van der Waals surface area contributed by atoms with E-state index >= 15 is 0 Å². The van der Waals surface area contributed by atoms with Gasteiger partial charge in [0.2, 0.25) is 0 Å². The van der Waals surface area contributed by atoms with Crippen molar-refractivity contribution in [2.45, 2.75) is 0 Å². The molecule has 1 aromatic carbocycles. The van der Waals surface area contributed by atoms with E-state index in [0.717, 1.165) is 4.47 Å². The number of esters is 1. The maximum absolute atomic E-state index is 11.9. The van der Waals surface area contributed by atoms with Crippen LogP contribution >= 0.6 is 31.9 Å². The number of aromatic amines is 1. The van der Waals surface area contributed by atoms with Crippen molar-refractivity contribution in [3.63, 3.8) is 0 Å². The summed E-state index contributed by atoms with van der Waals surface area (Å²) < 4.78 is 6.05. The molecule has 0 spiro atoms. The molecule has 0 atom stereocenters. The van der Waals surface area contributed by atoms with E-state index in [1.807, 2.05) is 0 Å². The first kappa shape index (κ1) is 12.3. The Balaban J connectivity index is 2.82. The molecule has 0 aliphatic rings. The summed E-state index contributed by atoms with van der Waals surface area (Å²) in [4.78, 5) is 26.1. The van der Waals surface area contributed by atoms with Gasteiger partial charge in [-0.2, -0.15) is 0 Å². The summed E-state index contributed by atoms with van der Waals surface area (Å²) in [5.41, 5.74) is 0.468. The van der Waals surface area contributed by atoms with Gasteiger partial charge in [-0.05, 0) is 28.1 Å². The van der Waals surface area contributed by atoms with Crippen molar-refractivity contribution in [1.82, 2.24) is 4.98 Å². The molecule has 6 heteroatoms. The Labute approximate surface area is 113 Å². The molecule has 0 bridgehead atoms. The van der Waals surface area contributed by atoms with E-state index < -0.39 is 5.97 Å². The second-order valence-corrected chi connectivity index (χ2v) is 5.12. The highest BCUT2D eigenvalue weighted by Crippen LogP contribution is 2.25. The predicted octanol–water partition coefficient (Wildman–Crippen LogP) is 2.84. The molecule has 2 aromatic rings. The second-order valence-electron chi connectivity index (χ2n) is 3.35. The molecule has 0 saturated heterocycles. The van der Waals surface area contributed by atoms with Crippen molar-refractivity contribution >= 4 is 48.7 Å². The number of pyridine rings is 1. The molecule has 0 unspecified atom stereocenters. The zero-order chi connectivity index (χ0) is 12.6. The number of hydrogen-bond donors (Lipinski definition) is 1. The summed E-state index contributed by atoms with van der Waals surface area (Å²) in [5, 5.41) is 0.499. The molecule has 1 N–H and O–H groups in total. The number of carbonyl (C=O) groups is 1. The first-order chi connectivity index (χ1) is 8.02. The van der Waals surface area contributed by atoms with E-state index in [9.17, 15) is 9.59 Å². The van der Waals surface area contributed by atoms with Crippen LogP contribution < -0.4 is 5.43 Å². The molecule has 88 valence electrons. The smallest absolute Gasteiger partial charge is 0.354 e. The van der Waals surface area contributed by atoms with E-state index in [-0.39, 0.29) is 11.1 Å². The summed E-state index contributed by atoms with van der Waals surface area (Å²) in [6.07, 6.45) is 0. The van der Waals surface area contributed by atoms with Gasteiger partial charge in [0.1, 0.15) is 5.69 Å². The minimum atomic E-state index is -0.571. The number of ether oxygens (including phenoxy) is 1. The van der Waals surface area contributed by atoms with E-state index in [0.29, 0.717) is 15.4 Å². The average molecular weight is 361 g/mol. The van der Waals surface area contributed by atoms with Crippen molar-refractivity contribution in [3.05, 3.63) is 43.1 Å². The first-order valence-corrected chi connectivity index (χ1v) is 6.22. The molecule has 0 radical (unpaired) electrons. The lowest BCUT2D eigenvalue weighted by molar-refractivity contribution is 0.0594. The summed E-state index contributed by atoms with van der Waals surface area (Å²) >= 11 is 6.64. The van der Waals surface area contributed by atoms with E-state index in [4.69, 9.17) is 0 Å². The van der Waals surface area contributed by atoms with Crippen molar-refractivity contribution in [2.75, 3.05) is 7.11 Å². The number of halogens is 2. The number of rotatable bonds is 1. The van der Waals surface area contributed by atoms with E-state index in [2.05, 4.69) is 41.6 Å². The van der Waals surface area contributed by atoms with Crippen LogP contribution in [0.5, 0.6) is 0 Å². The number of H-pyrrole nitrogens is 1. The minimum Gasteiger partial charge on any atom is -0.464 e. The summed E-state index contributed by atoms with van der Waals surface area (Å²) in [6, 6.07) is 4.71. The van der Waals surface area contributed by atoms with Crippen molar-refractivity contribution < 1.29 is 9.53 Å². The monoisotopic (exact) mass is 359 g/mol. The summed E-state index contributed by atoms with van der Waals surface area (Å²) in [7, 11) is 1.27. The number of nitrogens with one attached hydrogen (secondary N) is 1. The van der Waals surface area contributed by atoms with Crippen LogP contribution in [0.4, 0.5) is 0 Å². The highest BCUT2D eigenvalue weighted by molar-refractivity contribution is 9.11. The number of fused-ring (bicyclic) bond motifs is 1. The molecule has 2 rings (SSSR count). The maximum atomic E-state index is 11.9. The highest BCUT2D eigenvalue weighted by atomic mass is 79.9. The zero-order valence-corrected chi connectivity index (χ0v) is 11.9. The van der Waals surface area contributed by atoms with Crippen LogP contribution in [0.15, 0.2) is 31.9 Å². The Bertz CT molecular complexity index is 664. The van der Waals surface area contributed by atoms with Gasteiger partial charge in [-0.3, -0.25) is 4.79 Å². The van der Waals surface area contributed by atoms with Gasteiger partial charge in [0.15, 0.2) is 5.43 Å². The van der Waals surface area contributed by atoms with E-state index in [1.54, 1.807) is 12.1 Å². The average Bonchev–Trinajstić information content (AvgIpc) is 2.29. The minimum absolute atomic E-state index is 0.132. The van der Waals surface area contributed by atoms with Crippen molar-refractivity contribution in [2.24, 2.45) is 0 Å². The number of carbonyl (C=O) groups excluding carboxylic acids is 1. The Morgan fingerprint density at radius 3 is 2.65 bits per heavy atom. The molecule has 1 heterocycles. The van der Waals surface area contributed by atoms with Gasteiger partial charge in [0, 0.05) is 20.4 Å². The van der Waals surface area contributed by atoms with Gasteiger partial charge in [-0.25, -0.2) is 4.79 Å². The van der Waals surface area contributed by atoms with E-state index in [1.165, 1.54) is 13.2 Å². The lowest BCUT2D eigenvalue weighted by Gasteiger charge is -2.05. The second kappa shape index (κ2) is 4.62. The lowest BCUT2D eigenvalue weighted by Crippen LogP contribution is -2.11. The largest absolute Gasteiger partial charge is 0.464 e. The number of methoxy groups -OCH3 is 1. The van der Waals surface area contributed by atoms with Crippen molar-refractivity contribution in [3.8, 4) is 0 Å². The number of hydrogen-bond acceptors (Lipinski definition) is 3. The van der Waals surface area contributed by atoms with Gasteiger partial charge in [-0.1, -0.05) is 15.9 Å². The quantitative estimate of drug-likeness (QED) is 0.795. The van der Waals surface area contributed by atoms with Crippen molar-refractivity contribution in [1.29, 1.82) is 0 Å². The van der Waals surface area contributed by atoms with Crippen LogP contribution in [-0.4, -0.2) is 18.1 Å². The Hall–Kier alpha value is -1.14. The third kappa shape index (κ3) is 2.28. The molecule has 0 aliphatic carbocycles. The third-order valence-electron chi connectivity index (χ3n) is 2.26. The molecule has 0 fully saturated rings. The zero-order valence-electron chi connectivity index (χ0n) is 8.71. The molecular formula is C11H7Br2NO3. The molecule has 4 nitrogen and oxygen atoms in total. The van der Waals surface area contributed by atoms with Crippen LogP contribution in [0.1, 0.15) is 10.5 Å². The molecule has 0 saturated carbocycles. The predicted molar refractivity (Wildman–Crippen MR) is 71.3 cm³/mol. The standard InChI is InChI=1S/C11H7Br2NO3/c1-17-11(16)8-4-9(15)6-2-5(12)3-7(13)10(6)14-8/h2-4H,1H3,(H,14,15). The molecular weight excluding hydrogens is 354 g/mol. The normalized spacial score (nSPS) is 10.5. The molecule has 0 aliphatic heterocycles. The first-order valence-electron chi connectivity index (χ1n) is 4.63. The summed E-state index contributed by atoms with van der Waals surface area (Å²) in [5.74, 6) is -0.571. The summed E-state index contributed by atoms with van der Waals surface area (Å²) in [6.45, 7) is 0. The fraction of sp³-hybridized carbons (Fsp3) is 0.0909. The highest BCUT2D eigenvalue weighted by Gasteiger charge is 2.11. The Morgan fingerprint density at radius 2 is 2.00 bits per heavy atom. The van der Waals surface area contributed by atoms with Gasteiger partial charge in [-0.15, -0.1) is 0 Å². The SMILES string of the molecule is COC(=O)c1cc(=O)c2cc(Br)cc(Br)c2[nH]1. The Kier molecular flexibility index (Phi) is 3.35. The van der Waals surface area contributed by atoms with Crippen LogP contribution in [0, 0.1) is 0 Å². The maximum Gasteiger partial charge on any atom is 0.354 e. The number of benzene rings is 1. The topological polar surface area (TPSA) is 59.2 Å². The third-order valence-corrected chi connectivity index (χ3v) is 3.34. The fourth-order valence-electron chi connectivity index (χ4n) is 1.49. The van der Waals surface area contributed by atoms with Gasteiger partial charge >= 0.3 is 5.97 Å². The van der Waals surface area contributed by atoms with Crippen LogP contribution in [0.2, 0.25) is 0 Å². The van der Waals surface area contributed by atoms with Crippen LogP contribution in [0.3, 0.4) is 0 Å². The lowest BCUT2D eigenvalue weighted by atomic mass is 10.2. The number of aromatic nitrogens is 1. The van der Waals surface area contributed by atoms with Crippen LogP contribution in [0.25, 0.3) is 10.9 Å². The van der Waals surface area contributed by atoms with Gasteiger partial charge in [0.05, 0.1) is 12.6 Å². The van der Waals surface area contributed by atoms with Crippen LogP contribution in [-0.2, 0) is 4.74 Å².